The third kappa shape index (κ3) is 4.22. The van der Waals surface area contributed by atoms with Gasteiger partial charge in [-0.2, -0.15) is 5.10 Å². The van der Waals surface area contributed by atoms with Gasteiger partial charge in [0.1, 0.15) is 11.9 Å². The molecule has 9 nitrogen and oxygen atoms in total. The first kappa shape index (κ1) is 21.3. The predicted molar refractivity (Wildman–Crippen MR) is 136 cm³/mol. The van der Waals surface area contributed by atoms with Gasteiger partial charge in [-0.25, -0.2) is 14.5 Å². The van der Waals surface area contributed by atoms with E-state index in [2.05, 4.69) is 47.3 Å². The van der Waals surface area contributed by atoms with Crippen molar-refractivity contribution >= 4 is 45.0 Å². The van der Waals surface area contributed by atoms with Crippen LogP contribution in [0.25, 0.3) is 21.9 Å². The highest BCUT2D eigenvalue weighted by atomic mass is 16.1. The molecule has 3 aromatic heterocycles. The monoisotopic (exact) mass is 467 g/mol. The molecule has 1 saturated heterocycles. The summed E-state index contributed by atoms with van der Waals surface area (Å²) in [6, 6.07) is 15.8. The maximum Gasteiger partial charge on any atom is 0.259 e. The average Bonchev–Trinajstić information content (AvgIpc) is 3.51. The van der Waals surface area contributed by atoms with Gasteiger partial charge in [0.25, 0.3) is 5.91 Å². The molecule has 1 fully saturated rings. The van der Waals surface area contributed by atoms with Crippen molar-refractivity contribution in [2.45, 2.75) is 18.9 Å². The average molecular weight is 468 g/mol. The lowest BCUT2D eigenvalue weighted by atomic mass is 10.1. The molecule has 0 saturated carbocycles. The number of anilines is 3. The van der Waals surface area contributed by atoms with E-state index in [1.54, 1.807) is 24.5 Å². The zero-order valence-corrected chi connectivity index (χ0v) is 19.5. The number of likely N-dealkylation sites (tertiary alicyclic amines) is 1. The summed E-state index contributed by atoms with van der Waals surface area (Å²) in [5.41, 5.74) is 5.10. The van der Waals surface area contributed by atoms with Crippen molar-refractivity contribution in [3.8, 4) is 0 Å². The van der Waals surface area contributed by atoms with E-state index in [1.165, 1.54) is 0 Å². The van der Waals surface area contributed by atoms with Crippen LogP contribution < -0.4 is 15.2 Å². The first-order valence-corrected chi connectivity index (χ1v) is 11.8. The summed E-state index contributed by atoms with van der Waals surface area (Å²) < 4.78 is 2.31. The summed E-state index contributed by atoms with van der Waals surface area (Å²) in [5, 5.41) is 14.4. The Bertz CT molecular complexity index is 1510. The quantitative estimate of drug-likeness (QED) is 0.293. The number of imidazole rings is 1. The van der Waals surface area contributed by atoms with Crippen LogP contribution in [0.5, 0.6) is 0 Å². The minimum atomic E-state index is -0.219. The van der Waals surface area contributed by atoms with Gasteiger partial charge in [0.2, 0.25) is 6.33 Å². The standard InChI is InChI=1S/C26H26N8O/c1-33-11-8-20(9-12-33)34-16-28-22-7-6-19(14-24(22)34)31-26(35)21-3-2-10-27-25(21)30-18-5-4-17-15-29-32-23(17)13-18/h2-7,10,13-16,20H,8-9,11-12H2,1H3,(H3,27,29,30,31,32,35)/p+1. The first-order valence-electron chi connectivity index (χ1n) is 11.8. The van der Waals surface area contributed by atoms with Crippen molar-refractivity contribution in [1.29, 1.82) is 0 Å². The number of hydrogen-bond donors (Lipinski definition) is 4. The normalized spacial score (nSPS) is 15.0. The Morgan fingerprint density at radius 3 is 2.83 bits per heavy atom. The van der Waals surface area contributed by atoms with E-state index in [1.807, 2.05) is 42.7 Å². The number of nitrogens with zero attached hydrogens (tertiary/aromatic N) is 4. The van der Waals surface area contributed by atoms with Crippen molar-refractivity contribution in [2.24, 2.45) is 0 Å². The number of carbonyl (C=O) groups excluding carboxylic acids is 1. The molecule has 35 heavy (non-hydrogen) atoms. The molecule has 4 N–H and O–H groups in total. The molecule has 0 atom stereocenters. The van der Waals surface area contributed by atoms with Gasteiger partial charge in [0.05, 0.1) is 17.3 Å². The smallest absolute Gasteiger partial charge is 0.259 e. The molecule has 6 rings (SSSR count). The molecule has 0 aliphatic carbocycles. The molecular formula is C26H27N8O+. The molecule has 1 amide bonds. The summed E-state index contributed by atoms with van der Waals surface area (Å²) >= 11 is 0. The molecule has 0 unspecified atom stereocenters. The molecule has 1 aliphatic rings. The second-order valence-corrected chi connectivity index (χ2v) is 9.10. The Labute approximate surface area is 202 Å². The van der Waals surface area contributed by atoms with Crippen molar-refractivity contribution in [3.05, 3.63) is 72.8 Å². The molecular weight excluding hydrogens is 440 g/mol. The van der Waals surface area contributed by atoms with E-state index < -0.39 is 0 Å². The topological polar surface area (TPSA) is 106 Å². The predicted octanol–water partition coefficient (Wildman–Crippen LogP) is 3.99. The Kier molecular flexibility index (Phi) is 5.38. The molecule has 0 radical (unpaired) electrons. The van der Waals surface area contributed by atoms with Crippen LogP contribution in [0.4, 0.5) is 17.2 Å². The third-order valence-electron chi connectivity index (χ3n) is 6.73. The van der Waals surface area contributed by atoms with Gasteiger partial charge in [-0.05, 0) is 49.5 Å². The number of rotatable bonds is 5. The minimum absolute atomic E-state index is 0.219. The van der Waals surface area contributed by atoms with Crippen molar-refractivity contribution < 1.29 is 9.36 Å². The lowest BCUT2D eigenvalue weighted by Crippen LogP contribution is -2.44. The molecule has 5 aromatic rings. The fraction of sp³-hybridized carbons (Fsp3) is 0.231. The Morgan fingerprint density at radius 2 is 1.94 bits per heavy atom. The van der Waals surface area contributed by atoms with Gasteiger partial charge in [-0.15, -0.1) is 0 Å². The summed E-state index contributed by atoms with van der Waals surface area (Å²) in [7, 11) is 2.17. The second kappa shape index (κ2) is 8.84. The largest absolute Gasteiger partial charge is 0.340 e. The van der Waals surface area contributed by atoms with E-state index >= 15 is 0 Å². The number of pyridine rings is 1. The molecule has 0 bridgehead atoms. The SMILES string of the molecule is CN1CCC([n+]2c[nH]c3ccc(NC(=O)c4cccnc4Nc4ccc5cn[nH]c5c4)cc32)CC1. The lowest BCUT2D eigenvalue weighted by Gasteiger charge is -2.27. The molecule has 4 heterocycles. The second-order valence-electron chi connectivity index (χ2n) is 9.10. The fourth-order valence-corrected chi connectivity index (χ4v) is 4.77. The number of benzene rings is 2. The zero-order valence-electron chi connectivity index (χ0n) is 19.5. The molecule has 0 spiro atoms. The van der Waals surface area contributed by atoms with Crippen molar-refractivity contribution in [3.63, 3.8) is 0 Å². The molecule has 2 aromatic carbocycles. The number of aromatic nitrogens is 5. The van der Waals surface area contributed by atoms with E-state index in [4.69, 9.17) is 0 Å². The van der Waals surface area contributed by atoms with Crippen LogP contribution in [0.2, 0.25) is 0 Å². The van der Waals surface area contributed by atoms with E-state index in [0.29, 0.717) is 17.4 Å². The van der Waals surface area contributed by atoms with Gasteiger partial charge in [0.15, 0.2) is 11.0 Å². The number of aromatic amines is 2. The van der Waals surface area contributed by atoms with Crippen LogP contribution >= 0.6 is 0 Å². The van der Waals surface area contributed by atoms with E-state index in [0.717, 1.165) is 59.2 Å². The van der Waals surface area contributed by atoms with Crippen LogP contribution in [-0.4, -0.2) is 51.1 Å². The fourth-order valence-electron chi connectivity index (χ4n) is 4.77. The minimum Gasteiger partial charge on any atom is -0.340 e. The van der Waals surface area contributed by atoms with Gasteiger partial charge in [0, 0.05) is 55.0 Å². The maximum atomic E-state index is 13.3. The molecule has 9 heteroatoms. The Morgan fingerprint density at radius 1 is 1.09 bits per heavy atom. The maximum absolute atomic E-state index is 13.3. The van der Waals surface area contributed by atoms with Crippen molar-refractivity contribution in [2.75, 3.05) is 30.8 Å². The van der Waals surface area contributed by atoms with Crippen LogP contribution in [0.3, 0.4) is 0 Å². The summed E-state index contributed by atoms with van der Waals surface area (Å²) in [4.78, 5) is 23.4. The van der Waals surface area contributed by atoms with Crippen LogP contribution in [0, 0.1) is 0 Å². The number of hydrogen-bond acceptors (Lipinski definition) is 5. The Hall–Kier alpha value is -4.24. The van der Waals surface area contributed by atoms with Gasteiger partial charge >= 0.3 is 0 Å². The van der Waals surface area contributed by atoms with E-state index in [-0.39, 0.29) is 5.91 Å². The Balaban J connectivity index is 1.24. The molecule has 176 valence electrons. The number of carbonyl (C=O) groups is 1. The van der Waals surface area contributed by atoms with Gasteiger partial charge < -0.3 is 15.5 Å². The van der Waals surface area contributed by atoms with Crippen LogP contribution in [-0.2, 0) is 0 Å². The number of amides is 1. The van der Waals surface area contributed by atoms with Crippen molar-refractivity contribution in [1.82, 2.24) is 25.1 Å². The number of nitrogens with one attached hydrogen (secondary N) is 4. The first-order chi connectivity index (χ1) is 17.1. The third-order valence-corrected chi connectivity index (χ3v) is 6.73. The van der Waals surface area contributed by atoms with Gasteiger partial charge in [-0.1, -0.05) is 0 Å². The number of H-pyrrole nitrogens is 2. The van der Waals surface area contributed by atoms with Crippen LogP contribution in [0.1, 0.15) is 29.2 Å². The van der Waals surface area contributed by atoms with Crippen LogP contribution in [0.15, 0.2) is 67.3 Å². The summed E-state index contributed by atoms with van der Waals surface area (Å²) in [6.07, 6.45) is 7.71. The zero-order chi connectivity index (χ0) is 23.8. The van der Waals surface area contributed by atoms with Gasteiger partial charge in [-0.3, -0.25) is 9.89 Å². The number of piperidine rings is 1. The highest BCUT2D eigenvalue weighted by Crippen LogP contribution is 2.24. The highest BCUT2D eigenvalue weighted by molar-refractivity contribution is 6.08. The summed E-state index contributed by atoms with van der Waals surface area (Å²) in [6.45, 7) is 2.18. The summed E-state index contributed by atoms with van der Waals surface area (Å²) in [5.74, 6) is 0.275. The van der Waals surface area contributed by atoms with E-state index in [9.17, 15) is 4.79 Å². The lowest BCUT2D eigenvalue weighted by molar-refractivity contribution is -0.701. The molecule has 1 aliphatic heterocycles. The number of fused-ring (bicyclic) bond motifs is 2. The highest BCUT2D eigenvalue weighted by Gasteiger charge is 2.25.